The van der Waals surface area contributed by atoms with Crippen LogP contribution in [0.25, 0.3) is 5.65 Å². The molecule has 0 spiro atoms. The lowest BCUT2D eigenvalue weighted by Gasteiger charge is -2.19. The Morgan fingerprint density at radius 2 is 2.16 bits per heavy atom. The first-order valence-corrected chi connectivity index (χ1v) is 11.5. The SMILES string of the molecule is CC1(NC(=O)O[C@@H]2CC[C@H](c3cc(Nc4ncc(C#N)c5nc(COC(F)(F)F)cn45)n[nH]3)[C@H]2F)CC1. The van der Waals surface area contributed by atoms with Gasteiger partial charge in [0.2, 0.25) is 5.95 Å². The maximum absolute atomic E-state index is 15.1. The van der Waals surface area contributed by atoms with Gasteiger partial charge in [-0.1, -0.05) is 0 Å². The van der Waals surface area contributed by atoms with Gasteiger partial charge in [0, 0.05) is 29.4 Å². The van der Waals surface area contributed by atoms with Crippen LogP contribution in [0.3, 0.4) is 0 Å². The van der Waals surface area contributed by atoms with Crippen molar-refractivity contribution >= 4 is 23.5 Å². The van der Waals surface area contributed by atoms with Crippen LogP contribution in [-0.2, 0) is 16.1 Å². The molecule has 11 nitrogen and oxygen atoms in total. The molecule has 2 aliphatic rings. The number of hydrogen-bond donors (Lipinski definition) is 3. The number of H-pyrrole nitrogens is 1. The van der Waals surface area contributed by atoms with Crippen LogP contribution < -0.4 is 10.6 Å². The molecular formula is C22H22F4N8O3. The molecule has 0 saturated heterocycles. The van der Waals surface area contributed by atoms with E-state index in [0.717, 1.165) is 12.8 Å². The minimum Gasteiger partial charge on any atom is -0.443 e. The Balaban J connectivity index is 1.28. The first-order valence-electron chi connectivity index (χ1n) is 11.5. The van der Waals surface area contributed by atoms with Gasteiger partial charge in [-0.25, -0.2) is 19.2 Å². The number of nitriles is 1. The minimum atomic E-state index is -4.84. The van der Waals surface area contributed by atoms with Crippen LogP contribution in [-0.4, -0.2) is 54.8 Å². The van der Waals surface area contributed by atoms with E-state index in [1.165, 1.54) is 16.8 Å². The fourth-order valence-electron chi connectivity index (χ4n) is 4.23. The zero-order chi connectivity index (χ0) is 26.4. The van der Waals surface area contributed by atoms with Crippen LogP contribution in [0.1, 0.15) is 55.5 Å². The predicted molar refractivity (Wildman–Crippen MR) is 118 cm³/mol. The highest BCUT2D eigenvalue weighted by Crippen LogP contribution is 2.39. The summed E-state index contributed by atoms with van der Waals surface area (Å²) in [6.45, 7) is 1.05. The second-order valence-corrected chi connectivity index (χ2v) is 9.36. The van der Waals surface area contributed by atoms with E-state index in [4.69, 9.17) is 4.74 Å². The summed E-state index contributed by atoms with van der Waals surface area (Å²) in [5.41, 5.74) is 0.268. The Kier molecular flexibility index (Phi) is 6.14. The third-order valence-electron chi connectivity index (χ3n) is 6.45. The van der Waals surface area contributed by atoms with E-state index in [2.05, 4.69) is 35.5 Å². The van der Waals surface area contributed by atoms with E-state index in [-0.39, 0.29) is 34.2 Å². The summed E-state index contributed by atoms with van der Waals surface area (Å²) in [5, 5.41) is 21.8. The summed E-state index contributed by atoms with van der Waals surface area (Å²) < 4.78 is 62.8. The Morgan fingerprint density at radius 3 is 2.86 bits per heavy atom. The number of halogens is 4. The Morgan fingerprint density at radius 1 is 1.38 bits per heavy atom. The first-order chi connectivity index (χ1) is 17.5. The number of fused-ring (bicyclic) bond motifs is 1. The number of nitrogens with zero attached hydrogens (tertiary/aromatic N) is 5. The van der Waals surface area contributed by atoms with Crippen molar-refractivity contribution < 1.29 is 31.8 Å². The van der Waals surface area contributed by atoms with Gasteiger partial charge >= 0.3 is 12.5 Å². The first kappa shape index (κ1) is 24.8. The third kappa shape index (κ3) is 5.43. The van der Waals surface area contributed by atoms with Crippen molar-refractivity contribution in [3.05, 3.63) is 35.4 Å². The minimum absolute atomic E-state index is 0.0449. The molecule has 37 heavy (non-hydrogen) atoms. The fourth-order valence-corrected chi connectivity index (χ4v) is 4.23. The number of nitrogens with one attached hydrogen (secondary N) is 3. The number of alkyl halides is 4. The monoisotopic (exact) mass is 522 g/mol. The molecule has 0 bridgehead atoms. The third-order valence-corrected chi connectivity index (χ3v) is 6.45. The average Bonchev–Trinajstić information content (AvgIpc) is 3.20. The maximum atomic E-state index is 15.1. The van der Waals surface area contributed by atoms with Crippen molar-refractivity contribution in [2.45, 2.75) is 69.3 Å². The van der Waals surface area contributed by atoms with E-state index in [1.807, 2.05) is 13.0 Å². The van der Waals surface area contributed by atoms with Gasteiger partial charge in [0.05, 0.1) is 18.5 Å². The van der Waals surface area contributed by atoms with Gasteiger partial charge in [0.1, 0.15) is 23.9 Å². The molecule has 0 unspecified atom stereocenters. The summed E-state index contributed by atoms with van der Waals surface area (Å²) in [6.07, 6.45) is -2.79. The van der Waals surface area contributed by atoms with E-state index < -0.39 is 37.3 Å². The average molecular weight is 522 g/mol. The van der Waals surface area contributed by atoms with Crippen LogP contribution in [0.5, 0.6) is 0 Å². The van der Waals surface area contributed by atoms with E-state index >= 15 is 4.39 Å². The number of anilines is 2. The van der Waals surface area contributed by atoms with Crippen molar-refractivity contribution in [1.82, 2.24) is 29.9 Å². The second-order valence-electron chi connectivity index (χ2n) is 9.36. The Bertz CT molecular complexity index is 1360. The van der Waals surface area contributed by atoms with Crippen molar-refractivity contribution in [2.24, 2.45) is 0 Å². The largest absolute Gasteiger partial charge is 0.522 e. The normalized spacial score (nSPS) is 22.5. The number of carbonyl (C=O) groups excluding carboxylic acids is 1. The number of rotatable bonds is 7. The van der Waals surface area contributed by atoms with Gasteiger partial charge in [0.15, 0.2) is 11.5 Å². The summed E-state index contributed by atoms with van der Waals surface area (Å²) in [6, 6.07) is 3.46. The predicted octanol–water partition coefficient (Wildman–Crippen LogP) is 3.97. The summed E-state index contributed by atoms with van der Waals surface area (Å²) in [5.74, 6) is -0.204. The van der Waals surface area contributed by atoms with Crippen molar-refractivity contribution in [2.75, 3.05) is 5.32 Å². The maximum Gasteiger partial charge on any atom is 0.522 e. The van der Waals surface area contributed by atoms with Gasteiger partial charge in [-0.05, 0) is 32.6 Å². The van der Waals surface area contributed by atoms with Crippen LogP contribution in [0.4, 0.5) is 34.1 Å². The van der Waals surface area contributed by atoms with Crippen LogP contribution in [0.15, 0.2) is 18.5 Å². The Labute approximate surface area is 207 Å². The van der Waals surface area contributed by atoms with Crippen LogP contribution in [0, 0.1) is 11.3 Å². The summed E-state index contributed by atoms with van der Waals surface area (Å²) in [4.78, 5) is 20.2. The summed E-state index contributed by atoms with van der Waals surface area (Å²) >= 11 is 0. The molecule has 2 aliphatic carbocycles. The quantitative estimate of drug-likeness (QED) is 0.396. The number of hydrogen-bond acceptors (Lipinski definition) is 8. The highest BCUT2D eigenvalue weighted by Gasteiger charge is 2.43. The van der Waals surface area contributed by atoms with Gasteiger partial charge < -0.3 is 15.4 Å². The van der Waals surface area contributed by atoms with E-state index in [1.54, 1.807) is 6.07 Å². The lowest BCUT2D eigenvalue weighted by Crippen LogP contribution is -2.38. The highest BCUT2D eigenvalue weighted by molar-refractivity contribution is 5.69. The molecule has 15 heteroatoms. The molecule has 3 aromatic heterocycles. The van der Waals surface area contributed by atoms with Crippen molar-refractivity contribution in [1.29, 1.82) is 5.26 Å². The molecule has 2 saturated carbocycles. The van der Waals surface area contributed by atoms with Gasteiger partial charge in [-0.2, -0.15) is 10.4 Å². The second kappa shape index (κ2) is 9.18. The number of aromatic amines is 1. The number of alkyl carbamates (subject to hydrolysis) is 1. The molecule has 5 rings (SSSR count). The number of aromatic nitrogens is 5. The van der Waals surface area contributed by atoms with Gasteiger partial charge in [-0.3, -0.25) is 14.2 Å². The zero-order valence-corrected chi connectivity index (χ0v) is 19.5. The molecule has 0 aliphatic heterocycles. The lowest BCUT2D eigenvalue weighted by molar-refractivity contribution is -0.330. The van der Waals surface area contributed by atoms with Crippen LogP contribution >= 0.6 is 0 Å². The standard InChI is InChI=1S/C22H22F4N8O3/c1-21(4-5-21)31-20(35)37-15-3-2-13(17(15)23)14-6-16(33-32-14)30-19-28-8-11(7-27)18-29-12(9-34(18)19)10-36-22(24,25)26/h6,8-9,13,15,17H,2-5,10H2,1H3,(H,31,35)(H2,28,30,32,33)/t13-,15-,17-/m1/s1. The molecule has 0 aromatic carbocycles. The number of amides is 1. The molecule has 2 fully saturated rings. The molecule has 1 amide bonds. The Hall–Kier alpha value is -3.93. The fraction of sp³-hybridized carbons (Fsp3) is 0.500. The zero-order valence-electron chi connectivity index (χ0n) is 19.5. The number of ether oxygens (including phenoxy) is 2. The molecule has 196 valence electrons. The smallest absolute Gasteiger partial charge is 0.443 e. The van der Waals surface area contributed by atoms with Gasteiger partial charge in [-0.15, -0.1) is 13.2 Å². The topological polar surface area (TPSA) is 142 Å². The van der Waals surface area contributed by atoms with Crippen LogP contribution in [0.2, 0.25) is 0 Å². The molecule has 0 radical (unpaired) electrons. The summed E-state index contributed by atoms with van der Waals surface area (Å²) in [7, 11) is 0. The lowest BCUT2D eigenvalue weighted by atomic mass is 10.0. The number of carbonyl (C=O) groups is 1. The van der Waals surface area contributed by atoms with Gasteiger partial charge in [0.25, 0.3) is 0 Å². The van der Waals surface area contributed by atoms with E-state index in [9.17, 15) is 23.2 Å². The molecule has 3 N–H and O–H groups in total. The van der Waals surface area contributed by atoms with E-state index in [0.29, 0.717) is 18.5 Å². The number of imidazole rings is 1. The van der Waals surface area contributed by atoms with Crippen molar-refractivity contribution in [3.8, 4) is 6.07 Å². The highest BCUT2D eigenvalue weighted by atomic mass is 19.4. The molecule has 3 heterocycles. The van der Waals surface area contributed by atoms with Crippen molar-refractivity contribution in [3.63, 3.8) is 0 Å². The molecule has 3 aromatic rings. The molecule has 3 atom stereocenters. The molecular weight excluding hydrogens is 500 g/mol.